The lowest BCUT2D eigenvalue weighted by Gasteiger charge is -2.00. The topological polar surface area (TPSA) is 0 Å². The molecule has 0 spiro atoms. The third kappa shape index (κ3) is 30.6. The summed E-state index contributed by atoms with van der Waals surface area (Å²) >= 11 is 8.38. The maximum atomic E-state index is 4.20. The average Bonchev–Trinajstić information content (AvgIpc) is 2.60. The minimum absolute atomic E-state index is 1.06. The molecule has 0 amide bonds. The maximum Gasteiger partial charge on any atom is -0.00979 e. The molecule has 2 heteroatoms. The summed E-state index contributed by atoms with van der Waals surface area (Å²) in [5, 5.41) is 0. The van der Waals surface area contributed by atoms with Crippen LogP contribution < -0.4 is 0 Å². The molecule has 0 N–H and O–H groups in total. The summed E-state index contributed by atoms with van der Waals surface area (Å²) < 4.78 is 0. The highest BCUT2D eigenvalue weighted by Crippen LogP contribution is 2.10. The largest absolute Gasteiger partial charge is 0.179 e. The molecule has 0 unspecified atom stereocenters. The van der Waals surface area contributed by atoms with Gasteiger partial charge >= 0.3 is 0 Å². The van der Waals surface area contributed by atoms with Crippen LogP contribution in [-0.4, -0.2) is 11.5 Å². The van der Waals surface area contributed by atoms with Crippen LogP contribution in [0.4, 0.5) is 0 Å². The summed E-state index contributed by atoms with van der Waals surface area (Å²) in [4.78, 5) is 0. The van der Waals surface area contributed by atoms with Gasteiger partial charge in [-0.25, -0.2) is 0 Å². The van der Waals surface area contributed by atoms with E-state index in [9.17, 15) is 0 Å². The van der Waals surface area contributed by atoms with Gasteiger partial charge in [0.15, 0.2) is 0 Å². The van der Waals surface area contributed by atoms with E-state index >= 15 is 0 Å². The van der Waals surface area contributed by atoms with Gasteiger partial charge < -0.3 is 0 Å². The molecule has 0 nitrogen and oxygen atoms in total. The molecule has 0 heterocycles. The summed E-state index contributed by atoms with van der Waals surface area (Å²) in [6.45, 7) is 4.54. The van der Waals surface area contributed by atoms with Crippen LogP contribution in [0.1, 0.15) is 129 Å². The summed E-state index contributed by atoms with van der Waals surface area (Å²) in [6, 6.07) is 0. The Morgan fingerprint density at radius 2 is 0.542 bits per heavy atom. The van der Waals surface area contributed by atoms with E-state index in [0.717, 1.165) is 11.5 Å². The minimum Gasteiger partial charge on any atom is -0.179 e. The van der Waals surface area contributed by atoms with Gasteiger partial charge in [-0.05, 0) is 24.3 Å². The third-order valence-electron chi connectivity index (χ3n) is 4.52. The molecule has 0 bridgehead atoms. The van der Waals surface area contributed by atoms with Crippen LogP contribution in [0.25, 0.3) is 0 Å². The van der Waals surface area contributed by atoms with Gasteiger partial charge in [-0.2, -0.15) is 25.3 Å². The average molecular weight is 377 g/mol. The molecule has 0 aliphatic rings. The Labute approximate surface area is 166 Å². The molecule has 0 aliphatic heterocycles. The zero-order valence-electron chi connectivity index (χ0n) is 17.0. The number of unbranched alkanes of at least 4 members (excludes halogenated alkanes) is 16. The van der Waals surface area contributed by atoms with Gasteiger partial charge in [-0.1, -0.05) is 117 Å². The zero-order chi connectivity index (χ0) is 18.1. The lowest BCUT2D eigenvalue weighted by molar-refractivity contribution is 0.563. The monoisotopic (exact) mass is 376 g/mol. The Bertz CT molecular complexity index is 165. The van der Waals surface area contributed by atoms with Crippen LogP contribution in [0.5, 0.6) is 0 Å². The molecule has 0 saturated heterocycles. The van der Waals surface area contributed by atoms with Gasteiger partial charge in [-0.15, -0.1) is 0 Å². The van der Waals surface area contributed by atoms with Crippen molar-refractivity contribution in [2.75, 3.05) is 11.5 Å². The van der Waals surface area contributed by atoms with Crippen LogP contribution in [0.15, 0.2) is 0 Å². The Kier molecular flexibility index (Phi) is 32.0. The van der Waals surface area contributed by atoms with Crippen molar-refractivity contribution in [3.63, 3.8) is 0 Å². The maximum absolute atomic E-state index is 4.20. The predicted octanol–water partition coefficient (Wildman–Crippen LogP) is 8.89. The normalized spacial score (nSPS) is 10.5. The molecule has 0 aromatic rings. The van der Waals surface area contributed by atoms with Crippen LogP contribution in [0.2, 0.25) is 0 Å². The fourth-order valence-corrected chi connectivity index (χ4v) is 3.29. The van der Waals surface area contributed by atoms with Gasteiger partial charge in [0, 0.05) is 0 Å². The number of hydrogen-bond donors (Lipinski definition) is 2. The molecule has 0 rings (SSSR count). The highest BCUT2D eigenvalue weighted by atomic mass is 32.1. The van der Waals surface area contributed by atoms with E-state index in [2.05, 4.69) is 39.1 Å². The van der Waals surface area contributed by atoms with E-state index in [1.165, 1.54) is 116 Å². The van der Waals surface area contributed by atoms with E-state index < -0.39 is 0 Å². The smallest absolute Gasteiger partial charge is 0.00979 e. The molecular weight excluding hydrogens is 328 g/mol. The van der Waals surface area contributed by atoms with Crippen LogP contribution in [0, 0.1) is 0 Å². The van der Waals surface area contributed by atoms with Crippen LogP contribution in [0.3, 0.4) is 0 Å². The molecule has 0 radical (unpaired) electrons. The molecular formula is C22H48S2. The van der Waals surface area contributed by atoms with Gasteiger partial charge in [0.25, 0.3) is 0 Å². The number of hydrogen-bond acceptors (Lipinski definition) is 2. The van der Waals surface area contributed by atoms with Crippen molar-refractivity contribution in [2.45, 2.75) is 129 Å². The summed E-state index contributed by atoms with van der Waals surface area (Å²) in [7, 11) is 0. The number of thiol groups is 2. The Morgan fingerprint density at radius 1 is 0.333 bits per heavy atom. The summed E-state index contributed by atoms with van der Waals surface area (Å²) in [5.41, 5.74) is 0. The van der Waals surface area contributed by atoms with Crippen LogP contribution >= 0.6 is 25.3 Å². The highest BCUT2D eigenvalue weighted by Gasteiger charge is 1.91. The first kappa shape index (κ1) is 26.9. The molecule has 148 valence electrons. The van der Waals surface area contributed by atoms with Crippen molar-refractivity contribution >= 4 is 25.3 Å². The van der Waals surface area contributed by atoms with Crippen molar-refractivity contribution in [1.82, 2.24) is 0 Å². The fourth-order valence-electron chi connectivity index (χ4n) is 2.84. The van der Waals surface area contributed by atoms with Crippen molar-refractivity contribution < 1.29 is 0 Å². The molecule has 0 atom stereocenters. The summed E-state index contributed by atoms with van der Waals surface area (Å²) in [5.74, 6) is 2.13. The molecule has 0 saturated carbocycles. The molecule has 0 aromatic carbocycles. The predicted molar refractivity (Wildman–Crippen MR) is 122 cm³/mol. The van der Waals surface area contributed by atoms with E-state index in [1.807, 2.05) is 0 Å². The fraction of sp³-hybridized carbons (Fsp3) is 1.00. The SMILES string of the molecule is CCCCCCCCCCCCS.CCCCCCCCCCS. The van der Waals surface area contributed by atoms with Gasteiger partial charge in [0.05, 0.1) is 0 Å². The number of rotatable bonds is 18. The van der Waals surface area contributed by atoms with Gasteiger partial charge in [0.1, 0.15) is 0 Å². The molecule has 24 heavy (non-hydrogen) atoms. The van der Waals surface area contributed by atoms with Gasteiger partial charge in [-0.3, -0.25) is 0 Å². The molecule has 0 aliphatic carbocycles. The molecule has 0 fully saturated rings. The quantitative estimate of drug-likeness (QED) is 0.173. The first-order chi connectivity index (χ1) is 11.8. The van der Waals surface area contributed by atoms with Crippen molar-refractivity contribution in [2.24, 2.45) is 0 Å². The Hall–Kier alpha value is 0.700. The second-order valence-electron chi connectivity index (χ2n) is 7.10. The lowest BCUT2D eigenvalue weighted by Crippen LogP contribution is -1.81. The van der Waals surface area contributed by atoms with Crippen molar-refractivity contribution in [3.05, 3.63) is 0 Å². The van der Waals surface area contributed by atoms with E-state index in [1.54, 1.807) is 0 Å². The second-order valence-corrected chi connectivity index (χ2v) is 8.00. The lowest BCUT2D eigenvalue weighted by atomic mass is 10.1. The van der Waals surface area contributed by atoms with E-state index in [-0.39, 0.29) is 0 Å². The first-order valence-corrected chi connectivity index (χ1v) is 12.3. The summed E-state index contributed by atoms with van der Waals surface area (Å²) in [6.07, 6.45) is 25.4. The standard InChI is InChI=1S/C12H26S.C10H22S/c1-2-3-4-5-6-7-8-9-10-11-12-13;1-2-3-4-5-6-7-8-9-10-11/h13H,2-12H2,1H3;11H,2-10H2,1H3. The van der Waals surface area contributed by atoms with Crippen molar-refractivity contribution in [1.29, 1.82) is 0 Å². The van der Waals surface area contributed by atoms with Gasteiger partial charge in [0.2, 0.25) is 0 Å². The first-order valence-electron chi connectivity index (χ1n) is 11.0. The zero-order valence-corrected chi connectivity index (χ0v) is 18.8. The van der Waals surface area contributed by atoms with E-state index in [0.29, 0.717) is 0 Å². The molecule has 0 aromatic heterocycles. The Morgan fingerprint density at radius 3 is 0.750 bits per heavy atom. The third-order valence-corrected chi connectivity index (χ3v) is 5.16. The second kappa shape index (κ2) is 28.5. The van der Waals surface area contributed by atoms with E-state index in [4.69, 9.17) is 0 Å². The minimum atomic E-state index is 1.06. The highest BCUT2D eigenvalue weighted by molar-refractivity contribution is 7.80. The Balaban J connectivity index is 0. The van der Waals surface area contributed by atoms with Crippen LogP contribution in [-0.2, 0) is 0 Å². The van der Waals surface area contributed by atoms with Crippen molar-refractivity contribution in [3.8, 4) is 0 Å².